The van der Waals surface area contributed by atoms with E-state index >= 15 is 0 Å². The van der Waals surface area contributed by atoms with E-state index in [-0.39, 0.29) is 5.41 Å². The van der Waals surface area contributed by atoms with Crippen molar-refractivity contribution in [2.75, 3.05) is 4.90 Å². The summed E-state index contributed by atoms with van der Waals surface area (Å²) in [6.45, 7) is 4.69. The first kappa shape index (κ1) is 34.7. The topological polar surface area (TPSA) is 29.5 Å². The molecule has 0 saturated heterocycles. The number of aryl methyl sites for hydroxylation is 1. The van der Waals surface area contributed by atoms with Gasteiger partial charge in [0, 0.05) is 48.6 Å². The Morgan fingerprint density at radius 3 is 2.11 bits per heavy atom. The van der Waals surface area contributed by atoms with Crippen molar-refractivity contribution >= 4 is 82.4 Å². The van der Waals surface area contributed by atoms with E-state index in [9.17, 15) is 0 Å². The Morgan fingerprint density at radius 2 is 1.23 bits per heavy atom. The fourth-order valence-corrected chi connectivity index (χ4v) is 11.7. The van der Waals surface area contributed by atoms with Gasteiger partial charge in [-0.3, -0.25) is 0 Å². The molecule has 11 aromatic rings. The average Bonchev–Trinajstić information content (AvgIpc) is 4.04. The molecule has 13 rings (SSSR count). The van der Waals surface area contributed by atoms with Gasteiger partial charge in [0.2, 0.25) is 0 Å². The lowest BCUT2D eigenvalue weighted by atomic mass is 9.81. The predicted octanol–water partition coefficient (Wildman–Crippen LogP) is 16.5. The third-order valence-electron chi connectivity index (χ3n) is 13.4. The quantitative estimate of drug-likeness (QED) is 0.174. The molecule has 0 bridgehead atoms. The first-order valence-electron chi connectivity index (χ1n) is 21.2. The summed E-state index contributed by atoms with van der Waals surface area (Å²) >= 11 is 1.90. The zero-order valence-electron chi connectivity index (χ0n) is 33.8. The maximum atomic E-state index is 7.07. The first-order chi connectivity index (χ1) is 30.0. The van der Waals surface area contributed by atoms with Crippen LogP contribution in [-0.4, -0.2) is 0 Å². The number of anilines is 2. The van der Waals surface area contributed by atoms with E-state index in [1.165, 1.54) is 59.6 Å². The maximum absolute atomic E-state index is 7.07. The van der Waals surface area contributed by atoms with Crippen LogP contribution in [0.5, 0.6) is 0 Å². The van der Waals surface area contributed by atoms with Crippen molar-refractivity contribution in [3.8, 4) is 33.4 Å². The van der Waals surface area contributed by atoms with Crippen LogP contribution in [0.15, 0.2) is 185 Å². The van der Waals surface area contributed by atoms with Crippen molar-refractivity contribution in [2.45, 2.75) is 32.1 Å². The molecule has 3 nitrogen and oxygen atoms in total. The monoisotopic (exact) mass is 801 g/mol. The van der Waals surface area contributed by atoms with Crippen LogP contribution in [0.3, 0.4) is 0 Å². The number of thiophene rings is 1. The largest absolute Gasteiger partial charge is 0.456 e. The van der Waals surface area contributed by atoms with Gasteiger partial charge in [-0.25, -0.2) is 0 Å². The summed E-state index contributed by atoms with van der Waals surface area (Å²) < 4.78 is 15.1. The second kappa shape index (κ2) is 12.9. The van der Waals surface area contributed by atoms with Crippen molar-refractivity contribution in [2.24, 2.45) is 0 Å². The number of hydrogen-bond donors (Lipinski definition) is 0. The van der Waals surface area contributed by atoms with Gasteiger partial charge in [0.1, 0.15) is 22.3 Å². The Bertz CT molecular complexity index is 3620. The third kappa shape index (κ3) is 5.09. The van der Waals surface area contributed by atoms with Gasteiger partial charge in [0.25, 0.3) is 0 Å². The minimum atomic E-state index is -0.138. The van der Waals surface area contributed by atoms with E-state index in [4.69, 9.17) is 8.83 Å². The highest BCUT2D eigenvalue weighted by atomic mass is 32.1. The standard InChI is InChI=1S/C57H39NO2S/c1-57(2)46-19-9-6-15-39(46)40-29-25-36(31-47(40)57)53-54-43-17-7-10-21-49(43)59-51(54)33-45-44-32-38(28-30-50(44)60-55(45)53)58(37-26-23-35(24-27-37)34-13-4-3-5-14-34)48-20-12-18-42-41-16-8-11-22-52(41)61-56(42)48/h3-11,13-17,19-33H,12,18H2,1-2H3. The molecule has 3 heterocycles. The molecular formula is C57H39NO2S. The lowest BCUT2D eigenvalue weighted by Gasteiger charge is -2.30. The Balaban J connectivity index is 1.04. The molecule has 0 atom stereocenters. The fraction of sp³-hybridized carbons (Fsp3) is 0.0877. The first-order valence-corrected chi connectivity index (χ1v) is 22.0. The molecule has 2 aliphatic rings. The molecule has 290 valence electrons. The van der Waals surface area contributed by atoms with Gasteiger partial charge in [0.05, 0.1) is 10.6 Å². The van der Waals surface area contributed by atoms with E-state index in [1.54, 1.807) is 0 Å². The van der Waals surface area contributed by atoms with E-state index in [2.05, 4.69) is 189 Å². The SMILES string of the molecule is CC1(C)c2ccccc2-c2ccc(-c3c4oc5ccc(N(C6=CCCc7c6sc6ccccc76)c6ccc(-c7ccccc7)cc6)cc5c4cc4oc5ccccc5c34)cc21. The number of para-hydroxylation sites is 1. The molecule has 3 aromatic heterocycles. The zero-order valence-corrected chi connectivity index (χ0v) is 34.6. The molecule has 8 aromatic carbocycles. The van der Waals surface area contributed by atoms with Crippen LogP contribution in [0.1, 0.15) is 41.8 Å². The van der Waals surface area contributed by atoms with Gasteiger partial charge in [-0.1, -0.05) is 135 Å². The lowest BCUT2D eigenvalue weighted by molar-refractivity contribution is 0.660. The molecule has 0 unspecified atom stereocenters. The Hall–Kier alpha value is -7.14. The molecule has 0 aliphatic heterocycles. The van der Waals surface area contributed by atoms with Crippen LogP contribution < -0.4 is 4.90 Å². The van der Waals surface area contributed by atoms with E-state index in [0.717, 1.165) is 79.2 Å². The summed E-state index contributed by atoms with van der Waals surface area (Å²) in [5.41, 5.74) is 18.1. The number of allylic oxidation sites excluding steroid dienone is 1. The summed E-state index contributed by atoms with van der Waals surface area (Å²) in [5, 5.41) is 5.64. The minimum absolute atomic E-state index is 0.138. The molecule has 2 aliphatic carbocycles. The number of furan rings is 2. The number of rotatable bonds is 5. The zero-order chi connectivity index (χ0) is 40.4. The Kier molecular flexibility index (Phi) is 7.35. The second-order valence-corrected chi connectivity index (χ2v) is 18.1. The van der Waals surface area contributed by atoms with Gasteiger partial charge in [-0.05, 0) is 117 Å². The highest BCUT2D eigenvalue weighted by Crippen LogP contribution is 2.52. The van der Waals surface area contributed by atoms with Crippen molar-refractivity contribution in [3.63, 3.8) is 0 Å². The molecular weight excluding hydrogens is 763 g/mol. The molecule has 4 heteroatoms. The molecule has 0 spiro atoms. The summed E-state index contributed by atoms with van der Waals surface area (Å²) in [5.74, 6) is 0. The van der Waals surface area contributed by atoms with Gasteiger partial charge >= 0.3 is 0 Å². The summed E-state index contributed by atoms with van der Waals surface area (Å²) in [6.07, 6.45) is 4.45. The van der Waals surface area contributed by atoms with Crippen LogP contribution in [-0.2, 0) is 11.8 Å². The van der Waals surface area contributed by atoms with Crippen molar-refractivity contribution in [3.05, 3.63) is 198 Å². The third-order valence-corrected chi connectivity index (χ3v) is 14.6. The summed E-state index contributed by atoms with van der Waals surface area (Å²) in [6, 6.07) is 61.7. The molecule has 0 N–H and O–H groups in total. The normalized spacial score (nSPS) is 14.2. The predicted molar refractivity (Wildman–Crippen MR) is 256 cm³/mol. The highest BCUT2D eigenvalue weighted by Gasteiger charge is 2.36. The van der Waals surface area contributed by atoms with Gasteiger partial charge < -0.3 is 13.7 Å². The number of nitrogens with zero attached hydrogens (tertiary/aromatic N) is 1. The molecule has 61 heavy (non-hydrogen) atoms. The molecule has 0 fully saturated rings. The smallest absolute Gasteiger partial charge is 0.144 e. The van der Waals surface area contributed by atoms with Gasteiger partial charge in [-0.15, -0.1) is 11.3 Å². The van der Waals surface area contributed by atoms with Crippen LogP contribution in [0.25, 0.3) is 93.0 Å². The number of hydrogen-bond acceptors (Lipinski definition) is 4. The average molecular weight is 802 g/mol. The van der Waals surface area contributed by atoms with Gasteiger partial charge in [0.15, 0.2) is 0 Å². The Labute approximate surface area is 357 Å². The molecule has 0 amide bonds. The number of fused-ring (bicyclic) bond motifs is 12. The van der Waals surface area contributed by atoms with Crippen molar-refractivity contribution in [1.82, 2.24) is 0 Å². The van der Waals surface area contributed by atoms with Crippen LogP contribution in [0.4, 0.5) is 11.4 Å². The van der Waals surface area contributed by atoms with Crippen LogP contribution >= 0.6 is 11.3 Å². The van der Waals surface area contributed by atoms with Crippen molar-refractivity contribution in [1.29, 1.82) is 0 Å². The summed E-state index contributed by atoms with van der Waals surface area (Å²) in [7, 11) is 0. The van der Waals surface area contributed by atoms with Gasteiger partial charge in [-0.2, -0.15) is 0 Å². The van der Waals surface area contributed by atoms with Crippen LogP contribution in [0.2, 0.25) is 0 Å². The Morgan fingerprint density at radius 1 is 0.525 bits per heavy atom. The lowest BCUT2D eigenvalue weighted by Crippen LogP contribution is -2.17. The van der Waals surface area contributed by atoms with E-state index in [0.29, 0.717) is 0 Å². The highest BCUT2D eigenvalue weighted by molar-refractivity contribution is 7.20. The maximum Gasteiger partial charge on any atom is 0.144 e. The fourth-order valence-electron chi connectivity index (χ4n) is 10.4. The van der Waals surface area contributed by atoms with E-state index < -0.39 is 0 Å². The van der Waals surface area contributed by atoms with Crippen LogP contribution in [0, 0.1) is 0 Å². The molecule has 0 saturated carbocycles. The molecule has 0 radical (unpaired) electrons. The second-order valence-electron chi connectivity index (χ2n) is 17.1. The minimum Gasteiger partial charge on any atom is -0.456 e. The van der Waals surface area contributed by atoms with Crippen molar-refractivity contribution < 1.29 is 8.83 Å². The van der Waals surface area contributed by atoms with E-state index in [1.807, 2.05) is 17.4 Å². The number of benzene rings is 8. The summed E-state index contributed by atoms with van der Waals surface area (Å²) in [4.78, 5) is 3.80.